The smallest absolute Gasteiger partial charge is 0.113 e. The Morgan fingerprint density at radius 1 is 1.50 bits per heavy atom. The lowest BCUT2D eigenvalue weighted by atomic mass is 10.3. The van der Waals surface area contributed by atoms with Crippen molar-refractivity contribution in [2.45, 2.75) is 6.92 Å². The maximum absolute atomic E-state index is 4.15. The Kier molecular flexibility index (Phi) is 2.07. The molecule has 0 aliphatic carbocycles. The molecule has 0 bridgehead atoms. The van der Waals surface area contributed by atoms with Gasteiger partial charge in [0.1, 0.15) is 5.69 Å². The molecule has 1 rings (SSSR count). The molecule has 0 N–H and O–H groups in total. The molecule has 49 valence electrons. The second kappa shape index (κ2) is 3.03. The van der Waals surface area contributed by atoms with Crippen molar-refractivity contribution in [1.29, 1.82) is 0 Å². The van der Waals surface area contributed by atoms with Crippen LogP contribution >= 0.6 is 0 Å². The maximum Gasteiger partial charge on any atom is 0.113 e. The quantitative estimate of drug-likeness (QED) is 0.486. The Hall–Kier alpha value is -1.29. The van der Waals surface area contributed by atoms with Crippen LogP contribution in [0.4, 0.5) is 0 Å². The van der Waals surface area contributed by atoms with E-state index in [-0.39, 0.29) is 0 Å². The molecule has 0 aromatic carbocycles. The van der Waals surface area contributed by atoms with Crippen molar-refractivity contribution >= 4 is 0 Å². The fourth-order valence-electron chi connectivity index (χ4n) is 0.703. The van der Waals surface area contributed by atoms with Crippen molar-refractivity contribution in [1.82, 2.24) is 4.98 Å². The average Bonchev–Trinajstić information content (AvgIpc) is 1.88. The molecule has 1 radical (unpaired) electrons. The van der Waals surface area contributed by atoms with E-state index < -0.39 is 0 Å². The Morgan fingerprint density at radius 3 is 2.90 bits per heavy atom. The lowest BCUT2D eigenvalue weighted by molar-refractivity contribution is 1.18. The molecule has 0 spiro atoms. The fraction of sp³-hybridized carbons (Fsp3) is 0.111. The molecular weight excluding hydrogens is 122 g/mol. The Morgan fingerprint density at radius 2 is 2.30 bits per heavy atom. The number of aromatic nitrogens is 1. The predicted molar refractivity (Wildman–Crippen MR) is 41.2 cm³/mol. The van der Waals surface area contributed by atoms with Gasteiger partial charge in [0.2, 0.25) is 0 Å². The van der Waals surface area contributed by atoms with Crippen molar-refractivity contribution in [2.24, 2.45) is 0 Å². The van der Waals surface area contributed by atoms with Crippen LogP contribution in [0.1, 0.15) is 11.4 Å². The summed E-state index contributed by atoms with van der Waals surface area (Å²) < 4.78 is 0. The summed E-state index contributed by atoms with van der Waals surface area (Å²) in [6, 6.07) is 5.74. The highest BCUT2D eigenvalue weighted by atomic mass is 14.7. The first-order valence-electron chi connectivity index (χ1n) is 3.04. The minimum atomic E-state index is 0.787. The lowest BCUT2D eigenvalue weighted by Gasteiger charge is -1.90. The van der Waals surface area contributed by atoms with Gasteiger partial charge in [-0.2, -0.15) is 0 Å². The van der Waals surface area contributed by atoms with Crippen LogP contribution in [0.2, 0.25) is 0 Å². The van der Waals surface area contributed by atoms with Crippen LogP contribution in [-0.2, 0) is 0 Å². The van der Waals surface area contributed by atoms with E-state index in [1.165, 1.54) is 0 Å². The molecule has 0 saturated carbocycles. The second-order valence-electron chi connectivity index (χ2n) is 1.97. The average molecular weight is 130 g/mol. The first-order chi connectivity index (χ1) is 4.83. The van der Waals surface area contributed by atoms with Gasteiger partial charge in [-0.3, -0.25) is 0 Å². The molecular formula is C9H8N. The molecule has 0 aliphatic rings. The van der Waals surface area contributed by atoms with E-state index in [0.717, 1.165) is 11.4 Å². The van der Waals surface area contributed by atoms with Crippen LogP contribution < -0.4 is 0 Å². The molecule has 1 aromatic rings. The SMILES string of the molecule is [CH2]C#Cc1cccc(C)n1. The monoisotopic (exact) mass is 130 g/mol. The van der Waals surface area contributed by atoms with E-state index in [9.17, 15) is 0 Å². The topological polar surface area (TPSA) is 12.9 Å². The third kappa shape index (κ3) is 1.60. The highest BCUT2D eigenvalue weighted by molar-refractivity contribution is 5.28. The second-order valence-corrected chi connectivity index (χ2v) is 1.97. The van der Waals surface area contributed by atoms with Crippen LogP contribution in [0.5, 0.6) is 0 Å². The van der Waals surface area contributed by atoms with Gasteiger partial charge in [-0.15, -0.1) is 0 Å². The third-order valence-corrected chi connectivity index (χ3v) is 1.10. The molecule has 0 amide bonds. The minimum Gasteiger partial charge on any atom is -0.245 e. The van der Waals surface area contributed by atoms with E-state index in [1.807, 2.05) is 25.1 Å². The van der Waals surface area contributed by atoms with Crippen LogP contribution in [0, 0.1) is 25.7 Å². The number of pyridine rings is 1. The van der Waals surface area contributed by atoms with E-state index in [2.05, 4.69) is 23.7 Å². The van der Waals surface area contributed by atoms with Crippen LogP contribution in [0.3, 0.4) is 0 Å². The van der Waals surface area contributed by atoms with Crippen LogP contribution in [0.15, 0.2) is 18.2 Å². The predicted octanol–water partition coefficient (Wildman–Crippen LogP) is 1.58. The highest BCUT2D eigenvalue weighted by Crippen LogP contribution is 1.94. The van der Waals surface area contributed by atoms with Crippen molar-refractivity contribution in [3.63, 3.8) is 0 Å². The molecule has 0 saturated heterocycles. The van der Waals surface area contributed by atoms with Crippen LogP contribution in [0.25, 0.3) is 0 Å². The Bertz CT molecular complexity index is 278. The van der Waals surface area contributed by atoms with Gasteiger partial charge in [0.25, 0.3) is 0 Å². The molecule has 0 atom stereocenters. The normalized spacial score (nSPS) is 8.20. The number of nitrogens with zero attached hydrogens (tertiary/aromatic N) is 1. The van der Waals surface area contributed by atoms with E-state index in [4.69, 9.17) is 0 Å². The van der Waals surface area contributed by atoms with Gasteiger partial charge >= 0.3 is 0 Å². The Labute approximate surface area is 61.1 Å². The first kappa shape index (κ1) is 6.82. The fourth-order valence-corrected chi connectivity index (χ4v) is 0.703. The van der Waals surface area contributed by atoms with Crippen LogP contribution in [-0.4, -0.2) is 4.98 Å². The Balaban J connectivity index is 3.03. The third-order valence-electron chi connectivity index (χ3n) is 1.10. The maximum atomic E-state index is 4.15. The summed E-state index contributed by atoms with van der Waals surface area (Å²) in [5.41, 5.74) is 1.77. The van der Waals surface area contributed by atoms with Gasteiger partial charge in [-0.25, -0.2) is 4.98 Å². The molecule has 0 fully saturated rings. The summed E-state index contributed by atoms with van der Waals surface area (Å²) in [6.07, 6.45) is 0. The first-order valence-corrected chi connectivity index (χ1v) is 3.04. The zero-order chi connectivity index (χ0) is 7.40. The molecule has 10 heavy (non-hydrogen) atoms. The standard InChI is InChI=1S/C9H8N/c1-3-5-9-7-4-6-8(2)10-9/h4,6-7H,1H2,2H3. The molecule has 1 nitrogen and oxygen atoms in total. The molecule has 1 heteroatoms. The van der Waals surface area contributed by atoms with Crippen molar-refractivity contribution in [2.75, 3.05) is 0 Å². The number of hydrogen-bond donors (Lipinski definition) is 0. The van der Waals surface area contributed by atoms with Gasteiger partial charge in [-0.1, -0.05) is 12.0 Å². The summed E-state index contributed by atoms with van der Waals surface area (Å²) in [4.78, 5) is 4.15. The number of rotatable bonds is 0. The van der Waals surface area contributed by atoms with Gasteiger partial charge in [0.15, 0.2) is 0 Å². The number of aryl methyl sites for hydroxylation is 1. The van der Waals surface area contributed by atoms with Crippen molar-refractivity contribution < 1.29 is 0 Å². The summed E-state index contributed by atoms with van der Waals surface area (Å²) in [7, 11) is 0. The molecule has 1 heterocycles. The van der Waals surface area contributed by atoms with Gasteiger partial charge < -0.3 is 0 Å². The van der Waals surface area contributed by atoms with Gasteiger partial charge in [-0.05, 0) is 25.0 Å². The number of hydrogen-bond acceptors (Lipinski definition) is 1. The van der Waals surface area contributed by atoms with Crippen molar-refractivity contribution in [3.05, 3.63) is 36.5 Å². The zero-order valence-corrected chi connectivity index (χ0v) is 5.89. The zero-order valence-electron chi connectivity index (χ0n) is 5.89. The van der Waals surface area contributed by atoms with E-state index in [0.29, 0.717) is 0 Å². The molecule has 0 unspecified atom stereocenters. The summed E-state index contributed by atoms with van der Waals surface area (Å²) in [5, 5.41) is 0. The minimum absolute atomic E-state index is 0.787. The molecule has 0 aliphatic heterocycles. The summed E-state index contributed by atoms with van der Waals surface area (Å²) >= 11 is 0. The van der Waals surface area contributed by atoms with Gasteiger partial charge in [0.05, 0.1) is 0 Å². The van der Waals surface area contributed by atoms with Gasteiger partial charge in [0, 0.05) is 12.6 Å². The summed E-state index contributed by atoms with van der Waals surface area (Å²) in [6.45, 7) is 5.35. The van der Waals surface area contributed by atoms with Crippen molar-refractivity contribution in [3.8, 4) is 11.8 Å². The lowest BCUT2D eigenvalue weighted by Crippen LogP contribution is -1.83. The summed E-state index contributed by atoms with van der Waals surface area (Å²) in [5.74, 6) is 5.32. The highest BCUT2D eigenvalue weighted by Gasteiger charge is 1.86. The van der Waals surface area contributed by atoms with E-state index in [1.54, 1.807) is 0 Å². The molecule has 1 aromatic heterocycles. The largest absolute Gasteiger partial charge is 0.245 e. The van der Waals surface area contributed by atoms with E-state index >= 15 is 0 Å².